The monoisotopic (exact) mass is 434 g/mol. The van der Waals surface area contributed by atoms with Crippen LogP contribution in [0.2, 0.25) is 0 Å². The summed E-state index contributed by atoms with van der Waals surface area (Å²) in [5.41, 5.74) is 3.55. The summed E-state index contributed by atoms with van der Waals surface area (Å²) in [5, 5.41) is 1.20. The second-order valence-corrected chi connectivity index (χ2v) is 7.57. The molecule has 1 unspecified atom stereocenters. The zero-order valence-corrected chi connectivity index (χ0v) is 16.2. The summed E-state index contributed by atoms with van der Waals surface area (Å²) in [4.78, 5) is 6.90. The van der Waals surface area contributed by atoms with Gasteiger partial charge in [-0.15, -0.1) is 11.3 Å². The van der Waals surface area contributed by atoms with Gasteiger partial charge in [0, 0.05) is 30.1 Å². The van der Waals surface area contributed by atoms with Crippen LogP contribution in [0.3, 0.4) is 0 Å². The van der Waals surface area contributed by atoms with Crippen molar-refractivity contribution >= 4 is 55.9 Å². The Labute approximate surface area is 155 Å². The number of para-hydroxylation sites is 1. The van der Waals surface area contributed by atoms with Crippen LogP contribution in [0.15, 0.2) is 54.6 Å². The third kappa shape index (κ3) is 3.93. The average molecular weight is 434 g/mol. The molecule has 2 nitrogen and oxygen atoms in total. The maximum absolute atomic E-state index is 4.79. The van der Waals surface area contributed by atoms with Gasteiger partial charge in [0.2, 0.25) is 0 Å². The average Bonchev–Trinajstić information content (AvgIpc) is 2.99. The van der Waals surface area contributed by atoms with E-state index in [1.54, 1.807) is 11.3 Å². The molecule has 0 bridgehead atoms. The number of anilines is 1. The fourth-order valence-electron chi connectivity index (χ4n) is 2.36. The standard InChI is InChI=1S/C19H19IN2S/c1-22(2)16-11-8-14(9-12-16)7-10-15(13-20)19-21-17-5-3-4-6-18(17)23-19/h3-12,15H,13H2,1-2H3. The van der Waals surface area contributed by atoms with E-state index >= 15 is 0 Å². The van der Waals surface area contributed by atoms with E-state index in [1.807, 2.05) is 6.07 Å². The van der Waals surface area contributed by atoms with Gasteiger partial charge in [-0.25, -0.2) is 4.98 Å². The van der Waals surface area contributed by atoms with Gasteiger partial charge < -0.3 is 4.90 Å². The van der Waals surface area contributed by atoms with E-state index in [2.05, 4.69) is 96.2 Å². The predicted octanol–water partition coefficient (Wildman–Crippen LogP) is 5.59. The lowest BCUT2D eigenvalue weighted by atomic mass is 10.1. The van der Waals surface area contributed by atoms with E-state index in [1.165, 1.54) is 21.0 Å². The highest BCUT2D eigenvalue weighted by Gasteiger charge is 2.12. The highest BCUT2D eigenvalue weighted by atomic mass is 127. The number of fused-ring (bicyclic) bond motifs is 1. The quantitative estimate of drug-likeness (QED) is 0.384. The number of halogens is 1. The van der Waals surface area contributed by atoms with Gasteiger partial charge in [-0.05, 0) is 29.8 Å². The summed E-state index contributed by atoms with van der Waals surface area (Å²) in [6, 6.07) is 17.0. The molecule has 0 aliphatic heterocycles. The molecule has 0 radical (unpaired) electrons. The molecule has 0 amide bonds. The summed E-state index contributed by atoms with van der Waals surface area (Å²) in [5.74, 6) is 0.363. The number of allylic oxidation sites excluding steroid dienone is 1. The Balaban J connectivity index is 1.80. The van der Waals surface area contributed by atoms with Crippen LogP contribution in [-0.4, -0.2) is 23.5 Å². The highest BCUT2D eigenvalue weighted by Crippen LogP contribution is 2.30. The van der Waals surface area contributed by atoms with Crippen LogP contribution >= 0.6 is 33.9 Å². The smallest absolute Gasteiger partial charge is 0.101 e. The fraction of sp³-hybridized carbons (Fsp3) is 0.211. The van der Waals surface area contributed by atoms with Crippen LogP contribution in [0.25, 0.3) is 16.3 Å². The van der Waals surface area contributed by atoms with Gasteiger partial charge >= 0.3 is 0 Å². The molecular formula is C19H19IN2S. The number of hydrogen-bond donors (Lipinski definition) is 0. The number of hydrogen-bond acceptors (Lipinski definition) is 3. The topological polar surface area (TPSA) is 16.1 Å². The molecule has 0 N–H and O–H groups in total. The van der Waals surface area contributed by atoms with E-state index < -0.39 is 0 Å². The molecule has 0 fully saturated rings. The lowest BCUT2D eigenvalue weighted by molar-refractivity contribution is 0.988. The summed E-state index contributed by atoms with van der Waals surface area (Å²) in [7, 11) is 4.12. The first-order valence-electron chi connectivity index (χ1n) is 7.54. The molecule has 0 saturated heterocycles. The van der Waals surface area contributed by atoms with E-state index in [0.717, 1.165) is 9.94 Å². The van der Waals surface area contributed by atoms with Gasteiger partial charge in [0.15, 0.2) is 0 Å². The lowest BCUT2D eigenvalue weighted by Crippen LogP contribution is -2.07. The van der Waals surface area contributed by atoms with Crippen LogP contribution < -0.4 is 4.90 Å². The first-order valence-corrected chi connectivity index (χ1v) is 9.88. The van der Waals surface area contributed by atoms with Gasteiger partial charge in [0.25, 0.3) is 0 Å². The Morgan fingerprint density at radius 1 is 1.13 bits per heavy atom. The maximum atomic E-state index is 4.79. The van der Waals surface area contributed by atoms with Gasteiger partial charge in [-0.3, -0.25) is 0 Å². The largest absolute Gasteiger partial charge is 0.378 e. The molecule has 3 rings (SSSR count). The lowest BCUT2D eigenvalue weighted by Gasteiger charge is -2.12. The molecule has 1 heterocycles. The molecule has 1 atom stereocenters. The van der Waals surface area contributed by atoms with Crippen molar-refractivity contribution < 1.29 is 0 Å². The molecule has 3 aromatic rings. The van der Waals surface area contributed by atoms with Crippen LogP contribution in [0.4, 0.5) is 5.69 Å². The Bertz CT molecular complexity index is 773. The Hall–Kier alpha value is -1.40. The zero-order valence-electron chi connectivity index (χ0n) is 13.2. The molecule has 2 aromatic carbocycles. The van der Waals surface area contributed by atoms with E-state index in [9.17, 15) is 0 Å². The molecule has 1 aromatic heterocycles. The minimum Gasteiger partial charge on any atom is -0.378 e. The molecule has 23 heavy (non-hydrogen) atoms. The SMILES string of the molecule is CN(C)c1ccc(C=CC(CI)c2nc3ccccc3s2)cc1. The van der Waals surface area contributed by atoms with Crippen molar-refractivity contribution in [1.82, 2.24) is 4.98 Å². The van der Waals surface area contributed by atoms with Crippen molar-refractivity contribution in [3.63, 3.8) is 0 Å². The third-order valence-electron chi connectivity index (χ3n) is 3.72. The number of thiazole rings is 1. The van der Waals surface area contributed by atoms with Gasteiger partial charge in [-0.1, -0.05) is 59.0 Å². The molecular weight excluding hydrogens is 415 g/mol. The van der Waals surface area contributed by atoms with Crippen molar-refractivity contribution in [3.8, 4) is 0 Å². The molecule has 0 saturated carbocycles. The van der Waals surface area contributed by atoms with Crippen molar-refractivity contribution in [2.45, 2.75) is 5.92 Å². The van der Waals surface area contributed by atoms with Crippen molar-refractivity contribution in [2.24, 2.45) is 0 Å². The Kier molecular flexibility index (Phi) is 5.33. The minimum atomic E-state index is 0.363. The van der Waals surface area contributed by atoms with Gasteiger partial charge in [-0.2, -0.15) is 0 Å². The second kappa shape index (κ2) is 7.45. The van der Waals surface area contributed by atoms with E-state index in [-0.39, 0.29) is 0 Å². The van der Waals surface area contributed by atoms with E-state index in [4.69, 9.17) is 4.98 Å². The van der Waals surface area contributed by atoms with Crippen LogP contribution in [-0.2, 0) is 0 Å². The van der Waals surface area contributed by atoms with Crippen molar-refractivity contribution in [3.05, 3.63) is 65.2 Å². The number of nitrogens with zero attached hydrogens (tertiary/aromatic N) is 2. The maximum Gasteiger partial charge on any atom is 0.101 e. The van der Waals surface area contributed by atoms with Gasteiger partial charge in [0.05, 0.1) is 10.2 Å². The second-order valence-electron chi connectivity index (χ2n) is 5.63. The third-order valence-corrected chi connectivity index (χ3v) is 5.84. The Morgan fingerprint density at radius 3 is 2.52 bits per heavy atom. The normalized spacial score (nSPS) is 12.8. The number of alkyl halides is 1. The summed E-state index contributed by atoms with van der Waals surface area (Å²) in [6.45, 7) is 0. The fourth-order valence-corrected chi connectivity index (χ4v) is 4.42. The molecule has 0 aliphatic carbocycles. The molecule has 4 heteroatoms. The molecule has 0 aliphatic rings. The molecule has 0 spiro atoms. The first kappa shape index (κ1) is 16.5. The minimum absolute atomic E-state index is 0.363. The predicted molar refractivity (Wildman–Crippen MR) is 111 cm³/mol. The summed E-state index contributed by atoms with van der Waals surface area (Å²) < 4.78 is 2.30. The van der Waals surface area contributed by atoms with Crippen LogP contribution in [0, 0.1) is 0 Å². The van der Waals surface area contributed by atoms with Crippen LogP contribution in [0.1, 0.15) is 16.5 Å². The van der Waals surface area contributed by atoms with Crippen molar-refractivity contribution in [2.75, 3.05) is 23.4 Å². The highest BCUT2D eigenvalue weighted by molar-refractivity contribution is 14.1. The van der Waals surface area contributed by atoms with E-state index in [0.29, 0.717) is 5.92 Å². The number of aromatic nitrogens is 1. The Morgan fingerprint density at radius 2 is 1.87 bits per heavy atom. The summed E-state index contributed by atoms with van der Waals surface area (Å²) >= 11 is 4.24. The zero-order chi connectivity index (χ0) is 16.2. The first-order chi connectivity index (χ1) is 11.2. The number of benzene rings is 2. The summed E-state index contributed by atoms with van der Waals surface area (Å²) in [6.07, 6.45) is 4.48. The van der Waals surface area contributed by atoms with Crippen molar-refractivity contribution in [1.29, 1.82) is 0 Å². The molecule has 118 valence electrons. The van der Waals surface area contributed by atoms with Crippen LogP contribution in [0.5, 0.6) is 0 Å². The van der Waals surface area contributed by atoms with Gasteiger partial charge in [0.1, 0.15) is 5.01 Å². The number of rotatable bonds is 5.